The van der Waals surface area contributed by atoms with Crippen molar-refractivity contribution >= 4 is 29.6 Å². The van der Waals surface area contributed by atoms with Gasteiger partial charge in [-0.25, -0.2) is 9.59 Å². The molecule has 0 fully saturated rings. The maximum atomic E-state index is 12.9. The van der Waals surface area contributed by atoms with Crippen LogP contribution in [0.5, 0.6) is 0 Å². The highest BCUT2D eigenvalue weighted by molar-refractivity contribution is 6.00. The number of ether oxygens (including phenoxy) is 3. The fraction of sp³-hybridized carbons (Fsp3) is 0.500. The van der Waals surface area contributed by atoms with E-state index in [4.69, 9.17) is 14.2 Å². The molecular formula is C34H43NO8. The minimum atomic E-state index is -0.963. The largest absolute Gasteiger partial charge is 0.457 e. The first kappa shape index (κ1) is 33.5. The van der Waals surface area contributed by atoms with Gasteiger partial charge in [-0.15, -0.1) is 0 Å². The maximum absolute atomic E-state index is 12.9. The van der Waals surface area contributed by atoms with E-state index >= 15 is 0 Å². The van der Waals surface area contributed by atoms with Gasteiger partial charge in [0.05, 0.1) is 5.92 Å². The van der Waals surface area contributed by atoms with E-state index in [1.54, 1.807) is 53.7 Å². The Morgan fingerprint density at radius 2 is 1.19 bits per heavy atom. The van der Waals surface area contributed by atoms with Gasteiger partial charge < -0.3 is 19.5 Å². The highest BCUT2D eigenvalue weighted by atomic mass is 16.6. The van der Waals surface area contributed by atoms with Crippen molar-refractivity contribution in [1.29, 1.82) is 0 Å². The van der Waals surface area contributed by atoms with Crippen LogP contribution in [-0.2, 0) is 36.6 Å². The van der Waals surface area contributed by atoms with Gasteiger partial charge in [-0.2, -0.15) is 0 Å². The Labute approximate surface area is 253 Å². The predicted octanol–water partition coefficient (Wildman–Crippen LogP) is 5.75. The van der Waals surface area contributed by atoms with E-state index in [0.29, 0.717) is 24.0 Å². The van der Waals surface area contributed by atoms with Crippen LogP contribution in [0.25, 0.3) is 11.1 Å². The smallest absolute Gasteiger partial charge is 0.408 e. The van der Waals surface area contributed by atoms with E-state index in [0.717, 1.165) is 22.3 Å². The van der Waals surface area contributed by atoms with Gasteiger partial charge in [0, 0.05) is 11.1 Å². The lowest BCUT2D eigenvalue weighted by Gasteiger charge is -2.24. The van der Waals surface area contributed by atoms with Crippen LogP contribution < -0.4 is 5.32 Å². The molecule has 0 saturated heterocycles. The van der Waals surface area contributed by atoms with Gasteiger partial charge in [-0.3, -0.25) is 14.4 Å². The fourth-order valence-corrected chi connectivity index (χ4v) is 4.61. The SMILES string of the molecule is CC(C)[C@H](C)C(=O)OCC(=O)c1ccc2c(c1)CCc1cc(C(=O)COC(=O)[C@@H](NC(=O)OC(C)(C)C)C(C)C)ccc1-2. The molecule has 0 heterocycles. The Morgan fingerprint density at radius 1 is 0.721 bits per heavy atom. The van der Waals surface area contributed by atoms with Crippen LogP contribution in [0.15, 0.2) is 36.4 Å². The number of hydrogen-bond donors (Lipinski definition) is 1. The van der Waals surface area contributed by atoms with Crippen LogP contribution in [-0.4, -0.2) is 54.5 Å². The monoisotopic (exact) mass is 593 g/mol. The van der Waals surface area contributed by atoms with Gasteiger partial charge in [-0.1, -0.05) is 58.9 Å². The van der Waals surface area contributed by atoms with Crippen LogP contribution in [0.1, 0.15) is 87.2 Å². The summed E-state index contributed by atoms with van der Waals surface area (Å²) in [4.78, 5) is 62.6. The molecule has 2 atom stereocenters. The van der Waals surface area contributed by atoms with E-state index in [2.05, 4.69) is 5.32 Å². The first-order chi connectivity index (χ1) is 20.1. The summed E-state index contributed by atoms with van der Waals surface area (Å²) in [7, 11) is 0. The number of carbonyl (C=O) groups is 5. The number of nitrogens with one attached hydrogen (secondary N) is 1. The third kappa shape index (κ3) is 8.99. The molecule has 0 radical (unpaired) electrons. The average Bonchev–Trinajstić information content (AvgIpc) is 2.94. The first-order valence-electron chi connectivity index (χ1n) is 14.7. The van der Waals surface area contributed by atoms with Crippen molar-refractivity contribution in [3.05, 3.63) is 58.7 Å². The second-order valence-corrected chi connectivity index (χ2v) is 12.7. The van der Waals surface area contributed by atoms with Gasteiger partial charge in [0.1, 0.15) is 11.6 Å². The number of hydrogen-bond acceptors (Lipinski definition) is 8. The molecule has 1 N–H and O–H groups in total. The quantitative estimate of drug-likeness (QED) is 0.199. The zero-order chi connectivity index (χ0) is 32.1. The summed E-state index contributed by atoms with van der Waals surface area (Å²) >= 11 is 0. The van der Waals surface area contributed by atoms with Crippen LogP contribution in [0.3, 0.4) is 0 Å². The number of ketones is 2. The summed E-state index contributed by atoms with van der Waals surface area (Å²) in [6.45, 7) is 13.6. The molecule has 9 heteroatoms. The number of alkyl carbamates (subject to hydrolysis) is 1. The van der Waals surface area contributed by atoms with E-state index in [1.165, 1.54) is 0 Å². The zero-order valence-corrected chi connectivity index (χ0v) is 26.4. The molecule has 0 spiro atoms. The highest BCUT2D eigenvalue weighted by Gasteiger charge is 2.29. The van der Waals surface area contributed by atoms with Crippen molar-refractivity contribution in [3.63, 3.8) is 0 Å². The highest BCUT2D eigenvalue weighted by Crippen LogP contribution is 2.35. The first-order valence-corrected chi connectivity index (χ1v) is 14.7. The molecular weight excluding hydrogens is 550 g/mol. The Kier molecular flexibility index (Phi) is 10.9. The van der Waals surface area contributed by atoms with E-state index in [9.17, 15) is 24.0 Å². The topological polar surface area (TPSA) is 125 Å². The number of amides is 1. The molecule has 1 aliphatic rings. The van der Waals surface area contributed by atoms with Crippen molar-refractivity contribution in [2.45, 2.75) is 79.9 Å². The van der Waals surface area contributed by atoms with Gasteiger partial charge >= 0.3 is 18.0 Å². The summed E-state index contributed by atoms with van der Waals surface area (Å²) in [5.41, 5.74) is 4.11. The molecule has 1 aliphatic carbocycles. The lowest BCUT2D eigenvalue weighted by atomic mass is 9.83. The fourth-order valence-electron chi connectivity index (χ4n) is 4.61. The van der Waals surface area contributed by atoms with E-state index in [1.807, 2.05) is 38.1 Å². The summed E-state index contributed by atoms with van der Waals surface area (Å²) in [5.74, 6) is -2.14. The molecule has 0 aromatic heterocycles. The second kappa shape index (κ2) is 14.0. The van der Waals surface area contributed by atoms with Crippen LogP contribution >= 0.6 is 0 Å². The second-order valence-electron chi connectivity index (χ2n) is 12.7. The number of fused-ring (bicyclic) bond motifs is 3. The minimum absolute atomic E-state index is 0.127. The normalized spacial score (nSPS) is 13.8. The number of carbonyl (C=O) groups excluding carboxylic acids is 5. The number of aryl methyl sites for hydroxylation is 2. The van der Waals surface area contributed by atoms with Gasteiger partial charge in [0.2, 0.25) is 0 Å². The Morgan fingerprint density at radius 3 is 1.60 bits per heavy atom. The molecule has 1 amide bonds. The standard InChI is InChI=1S/C34H43NO8/c1-19(2)21(5)31(38)41-17-28(36)24-11-13-26-22(15-24)9-10-23-16-25(12-14-27(23)26)29(37)18-42-32(39)30(20(3)4)35-33(40)43-34(6,7)8/h11-16,19-21,30H,9-10,17-18H2,1-8H3,(H,35,40)/t21-,30-/m0/s1. The Bertz CT molecular complexity index is 1390. The zero-order valence-electron chi connectivity index (χ0n) is 26.4. The lowest BCUT2D eigenvalue weighted by molar-refractivity contribution is -0.148. The van der Waals surface area contributed by atoms with Gasteiger partial charge in [0.25, 0.3) is 0 Å². The van der Waals surface area contributed by atoms with Crippen LogP contribution in [0.4, 0.5) is 4.79 Å². The molecule has 43 heavy (non-hydrogen) atoms. The third-order valence-electron chi connectivity index (χ3n) is 7.46. The maximum Gasteiger partial charge on any atom is 0.408 e. The number of esters is 2. The molecule has 0 unspecified atom stereocenters. The summed E-state index contributed by atoms with van der Waals surface area (Å²) < 4.78 is 15.8. The molecule has 2 aromatic rings. The third-order valence-corrected chi connectivity index (χ3v) is 7.46. The molecule has 0 bridgehead atoms. The molecule has 232 valence electrons. The van der Waals surface area contributed by atoms with Crippen molar-refractivity contribution in [2.24, 2.45) is 17.8 Å². The Hall–Kier alpha value is -4.01. The Balaban J connectivity index is 1.64. The van der Waals surface area contributed by atoms with Gasteiger partial charge in [0.15, 0.2) is 24.8 Å². The lowest BCUT2D eigenvalue weighted by Crippen LogP contribution is -2.47. The summed E-state index contributed by atoms with van der Waals surface area (Å²) in [6.07, 6.45) is 0.601. The van der Waals surface area contributed by atoms with Crippen molar-refractivity contribution in [3.8, 4) is 11.1 Å². The summed E-state index contributed by atoms with van der Waals surface area (Å²) in [5, 5.41) is 2.53. The predicted molar refractivity (Wildman–Crippen MR) is 162 cm³/mol. The molecule has 9 nitrogen and oxygen atoms in total. The number of rotatable bonds is 11. The summed E-state index contributed by atoms with van der Waals surface area (Å²) in [6, 6.07) is 9.85. The van der Waals surface area contributed by atoms with Crippen molar-refractivity contribution in [2.75, 3.05) is 13.2 Å². The van der Waals surface area contributed by atoms with E-state index in [-0.39, 0.29) is 41.9 Å². The van der Waals surface area contributed by atoms with Crippen molar-refractivity contribution < 1.29 is 38.2 Å². The minimum Gasteiger partial charge on any atom is -0.457 e. The molecule has 0 aliphatic heterocycles. The number of Topliss-reactive ketones (excluding diaryl/α,β-unsaturated/α-hetero) is 2. The van der Waals surface area contributed by atoms with Crippen molar-refractivity contribution in [1.82, 2.24) is 5.32 Å². The molecule has 2 aromatic carbocycles. The molecule has 3 rings (SSSR count). The van der Waals surface area contributed by atoms with Gasteiger partial charge in [-0.05, 0) is 79.8 Å². The van der Waals surface area contributed by atoms with Crippen LogP contribution in [0, 0.1) is 17.8 Å². The average molecular weight is 594 g/mol. The van der Waals surface area contributed by atoms with Crippen LogP contribution in [0.2, 0.25) is 0 Å². The number of benzene rings is 2. The van der Waals surface area contributed by atoms with E-state index < -0.39 is 30.3 Å². The molecule has 0 saturated carbocycles.